The molecule has 0 aliphatic carbocycles. The van der Waals surface area contributed by atoms with Crippen LogP contribution in [0.4, 0.5) is 0 Å². The van der Waals surface area contributed by atoms with Crippen molar-refractivity contribution >= 4 is 29.1 Å². The van der Waals surface area contributed by atoms with Gasteiger partial charge in [0.05, 0.1) is 12.1 Å². The summed E-state index contributed by atoms with van der Waals surface area (Å²) in [6.07, 6.45) is 1.02. The van der Waals surface area contributed by atoms with E-state index in [1.165, 1.54) is 0 Å². The fourth-order valence-electron chi connectivity index (χ4n) is 2.11. The molecular weight excluding hydrogens is 287 g/mol. The number of hydrogen-bond donors (Lipinski definition) is 3. The predicted molar refractivity (Wildman–Crippen MR) is 75.5 cm³/mol. The molecule has 4 nitrogen and oxygen atoms in total. The molecule has 3 N–H and O–H groups in total. The van der Waals surface area contributed by atoms with Gasteiger partial charge in [-0.2, -0.15) is 0 Å². The summed E-state index contributed by atoms with van der Waals surface area (Å²) < 4.78 is 0. The van der Waals surface area contributed by atoms with Crippen molar-refractivity contribution in [2.45, 2.75) is 25.0 Å². The SMILES string of the molecule is O=C(NCC(O)c1cc(Cl)cc(Cl)c1)C1CCCN1. The van der Waals surface area contributed by atoms with Gasteiger partial charge in [0.15, 0.2) is 0 Å². The van der Waals surface area contributed by atoms with Gasteiger partial charge in [-0.1, -0.05) is 23.2 Å². The number of amides is 1. The summed E-state index contributed by atoms with van der Waals surface area (Å²) in [7, 11) is 0. The first-order chi connectivity index (χ1) is 9.06. The summed E-state index contributed by atoms with van der Waals surface area (Å²) in [5.41, 5.74) is 0.595. The summed E-state index contributed by atoms with van der Waals surface area (Å²) in [5, 5.41) is 16.8. The third-order valence-electron chi connectivity index (χ3n) is 3.12. The number of benzene rings is 1. The predicted octanol–water partition coefficient (Wildman–Crippen LogP) is 1.89. The molecule has 0 spiro atoms. The zero-order valence-corrected chi connectivity index (χ0v) is 11.8. The minimum absolute atomic E-state index is 0.0790. The molecule has 0 saturated carbocycles. The van der Waals surface area contributed by atoms with Crippen molar-refractivity contribution in [3.05, 3.63) is 33.8 Å². The van der Waals surface area contributed by atoms with Gasteiger partial charge >= 0.3 is 0 Å². The standard InChI is InChI=1S/C13H16Cl2N2O2/c14-9-4-8(5-10(15)6-9)12(18)7-17-13(19)11-2-1-3-16-11/h4-6,11-12,16,18H,1-3,7H2,(H,17,19). The Kier molecular flexibility index (Phi) is 5.05. The molecule has 1 aliphatic heterocycles. The van der Waals surface area contributed by atoms with Crippen LogP contribution in [0.3, 0.4) is 0 Å². The fraction of sp³-hybridized carbons (Fsp3) is 0.462. The topological polar surface area (TPSA) is 61.4 Å². The van der Waals surface area contributed by atoms with Crippen LogP contribution >= 0.6 is 23.2 Å². The minimum Gasteiger partial charge on any atom is -0.387 e. The van der Waals surface area contributed by atoms with E-state index in [0.29, 0.717) is 15.6 Å². The second-order valence-corrected chi connectivity index (χ2v) is 5.49. The Morgan fingerprint density at radius 1 is 1.42 bits per heavy atom. The van der Waals surface area contributed by atoms with Crippen LogP contribution < -0.4 is 10.6 Å². The highest BCUT2D eigenvalue weighted by Gasteiger charge is 2.22. The van der Waals surface area contributed by atoms with Crippen molar-refractivity contribution in [1.29, 1.82) is 0 Å². The summed E-state index contributed by atoms with van der Waals surface area (Å²) in [4.78, 5) is 11.8. The van der Waals surface area contributed by atoms with Crippen LogP contribution in [-0.4, -0.2) is 30.1 Å². The number of halogens is 2. The van der Waals surface area contributed by atoms with Crippen LogP contribution in [0.15, 0.2) is 18.2 Å². The van der Waals surface area contributed by atoms with Crippen LogP contribution in [0.2, 0.25) is 10.0 Å². The molecule has 19 heavy (non-hydrogen) atoms. The van der Waals surface area contributed by atoms with Gasteiger partial charge in [0.2, 0.25) is 5.91 Å². The lowest BCUT2D eigenvalue weighted by Gasteiger charge is -2.15. The normalized spacial score (nSPS) is 20.3. The first kappa shape index (κ1) is 14.6. The van der Waals surface area contributed by atoms with Crippen molar-refractivity contribution < 1.29 is 9.90 Å². The number of rotatable bonds is 4. The molecule has 1 aromatic carbocycles. The van der Waals surface area contributed by atoms with Crippen LogP contribution in [-0.2, 0) is 4.79 Å². The zero-order valence-electron chi connectivity index (χ0n) is 10.3. The van der Waals surface area contributed by atoms with E-state index in [9.17, 15) is 9.90 Å². The van der Waals surface area contributed by atoms with Gasteiger partial charge in [-0.3, -0.25) is 4.79 Å². The molecule has 2 atom stereocenters. The highest BCUT2D eigenvalue weighted by atomic mass is 35.5. The number of nitrogens with one attached hydrogen (secondary N) is 2. The Labute approximate surface area is 122 Å². The van der Waals surface area contributed by atoms with Crippen molar-refractivity contribution in [3.8, 4) is 0 Å². The van der Waals surface area contributed by atoms with E-state index >= 15 is 0 Å². The van der Waals surface area contributed by atoms with Crippen molar-refractivity contribution in [2.24, 2.45) is 0 Å². The van der Waals surface area contributed by atoms with Gasteiger partial charge in [-0.15, -0.1) is 0 Å². The quantitative estimate of drug-likeness (QED) is 0.796. The molecule has 1 fully saturated rings. The average Bonchev–Trinajstić information content (AvgIpc) is 2.88. The summed E-state index contributed by atoms with van der Waals surface area (Å²) in [6, 6.07) is 4.73. The minimum atomic E-state index is -0.818. The van der Waals surface area contributed by atoms with Crippen molar-refractivity contribution in [1.82, 2.24) is 10.6 Å². The van der Waals surface area contributed by atoms with Gasteiger partial charge < -0.3 is 15.7 Å². The highest BCUT2D eigenvalue weighted by molar-refractivity contribution is 6.34. The Balaban J connectivity index is 1.89. The molecule has 2 unspecified atom stereocenters. The van der Waals surface area contributed by atoms with E-state index in [4.69, 9.17) is 23.2 Å². The van der Waals surface area contributed by atoms with Gasteiger partial charge in [-0.05, 0) is 43.1 Å². The third kappa shape index (κ3) is 4.08. The van der Waals surface area contributed by atoms with E-state index < -0.39 is 6.10 Å². The van der Waals surface area contributed by atoms with Crippen molar-refractivity contribution in [3.63, 3.8) is 0 Å². The summed E-state index contributed by atoms with van der Waals surface area (Å²) in [6.45, 7) is 1.01. The number of hydrogen-bond acceptors (Lipinski definition) is 3. The maximum atomic E-state index is 11.8. The lowest BCUT2D eigenvalue weighted by Crippen LogP contribution is -2.41. The smallest absolute Gasteiger partial charge is 0.237 e. The van der Waals surface area contributed by atoms with Gasteiger partial charge in [-0.25, -0.2) is 0 Å². The largest absolute Gasteiger partial charge is 0.387 e. The van der Waals surface area contributed by atoms with E-state index in [1.54, 1.807) is 18.2 Å². The number of aliphatic hydroxyl groups excluding tert-OH is 1. The van der Waals surface area contributed by atoms with Gasteiger partial charge in [0.25, 0.3) is 0 Å². The van der Waals surface area contributed by atoms with Crippen LogP contribution in [0, 0.1) is 0 Å². The molecule has 1 amide bonds. The Morgan fingerprint density at radius 2 is 2.11 bits per heavy atom. The summed E-state index contributed by atoms with van der Waals surface area (Å²) in [5.74, 6) is -0.0790. The molecule has 1 aliphatic rings. The molecule has 1 saturated heterocycles. The molecule has 2 rings (SSSR count). The highest BCUT2D eigenvalue weighted by Crippen LogP contribution is 2.23. The monoisotopic (exact) mass is 302 g/mol. The maximum Gasteiger partial charge on any atom is 0.237 e. The van der Waals surface area contributed by atoms with E-state index in [0.717, 1.165) is 19.4 Å². The third-order valence-corrected chi connectivity index (χ3v) is 3.55. The number of carbonyl (C=O) groups excluding carboxylic acids is 1. The lowest BCUT2D eigenvalue weighted by molar-refractivity contribution is -0.123. The van der Waals surface area contributed by atoms with Gasteiger partial charge in [0.1, 0.15) is 0 Å². The van der Waals surface area contributed by atoms with E-state index in [1.807, 2.05) is 0 Å². The first-order valence-electron chi connectivity index (χ1n) is 6.21. The first-order valence-corrected chi connectivity index (χ1v) is 6.97. The fourth-order valence-corrected chi connectivity index (χ4v) is 2.66. The Bertz CT molecular complexity index is 442. The van der Waals surface area contributed by atoms with Crippen molar-refractivity contribution in [2.75, 3.05) is 13.1 Å². The summed E-state index contributed by atoms with van der Waals surface area (Å²) >= 11 is 11.7. The molecule has 0 aromatic heterocycles. The van der Waals surface area contributed by atoms with Gasteiger partial charge in [0, 0.05) is 16.6 Å². The molecule has 6 heteroatoms. The molecule has 1 aromatic rings. The number of carbonyl (C=O) groups is 1. The molecule has 104 valence electrons. The Hall–Kier alpha value is -0.810. The van der Waals surface area contributed by atoms with Crippen LogP contribution in [0.25, 0.3) is 0 Å². The van der Waals surface area contributed by atoms with Crippen LogP contribution in [0.5, 0.6) is 0 Å². The van der Waals surface area contributed by atoms with E-state index in [-0.39, 0.29) is 18.5 Å². The maximum absolute atomic E-state index is 11.8. The number of aliphatic hydroxyl groups is 1. The lowest BCUT2D eigenvalue weighted by atomic mass is 10.1. The van der Waals surface area contributed by atoms with E-state index in [2.05, 4.69) is 10.6 Å². The molecule has 0 radical (unpaired) electrons. The molecular formula is C13H16Cl2N2O2. The molecule has 0 bridgehead atoms. The van der Waals surface area contributed by atoms with Crippen LogP contribution in [0.1, 0.15) is 24.5 Å². The average molecular weight is 303 g/mol. The Morgan fingerprint density at radius 3 is 2.68 bits per heavy atom. The second-order valence-electron chi connectivity index (χ2n) is 4.61. The second kappa shape index (κ2) is 6.57. The molecule has 1 heterocycles. The zero-order chi connectivity index (χ0) is 13.8.